The molecule has 0 N–H and O–H groups in total. The van der Waals surface area contributed by atoms with Crippen molar-refractivity contribution < 1.29 is 14.3 Å². The van der Waals surface area contributed by atoms with E-state index < -0.39 is 0 Å². The van der Waals surface area contributed by atoms with Crippen LogP contribution in [0.15, 0.2) is 103 Å². The molecule has 0 fully saturated rings. The summed E-state index contributed by atoms with van der Waals surface area (Å²) in [6.07, 6.45) is 0.263. The SMILES string of the molecule is CCOC(=O)C[C@@H](c1cc(C)cc(-c2cccc(OC)c2)c1)N(Cc1ccccc1)[C@H](C)c1ccccc1. The van der Waals surface area contributed by atoms with Crippen molar-refractivity contribution in [3.63, 3.8) is 0 Å². The van der Waals surface area contributed by atoms with E-state index in [9.17, 15) is 4.79 Å². The summed E-state index contributed by atoms with van der Waals surface area (Å²) in [5, 5.41) is 0. The van der Waals surface area contributed by atoms with Crippen molar-refractivity contribution in [3.8, 4) is 16.9 Å². The molecule has 4 aromatic carbocycles. The van der Waals surface area contributed by atoms with E-state index in [0.717, 1.165) is 28.0 Å². The molecule has 0 bridgehead atoms. The van der Waals surface area contributed by atoms with Crippen LogP contribution in [-0.2, 0) is 16.1 Å². The zero-order valence-electron chi connectivity index (χ0n) is 22.8. The van der Waals surface area contributed by atoms with Crippen molar-refractivity contribution in [1.82, 2.24) is 4.90 Å². The van der Waals surface area contributed by atoms with Crippen LogP contribution < -0.4 is 4.74 Å². The lowest BCUT2D eigenvalue weighted by Gasteiger charge is -2.37. The Labute approximate surface area is 226 Å². The standard InChI is InChI=1S/C34H37NO3/c1-5-38-34(36)23-33(31-20-25(2)19-30(21-31)29-17-12-18-32(22-29)37-4)35(24-27-13-8-6-9-14-27)26(3)28-15-10-7-11-16-28/h6-22,26,33H,5,23-24H2,1-4H3/t26-,33+/m1/s1. The summed E-state index contributed by atoms with van der Waals surface area (Å²) >= 11 is 0. The van der Waals surface area contributed by atoms with E-state index in [1.165, 1.54) is 11.1 Å². The van der Waals surface area contributed by atoms with Gasteiger partial charge < -0.3 is 9.47 Å². The molecule has 0 aliphatic heterocycles. The summed E-state index contributed by atoms with van der Waals surface area (Å²) in [4.78, 5) is 15.4. The lowest BCUT2D eigenvalue weighted by molar-refractivity contribution is -0.145. The maximum Gasteiger partial charge on any atom is 0.307 e. The van der Waals surface area contributed by atoms with Crippen LogP contribution in [0.1, 0.15) is 54.6 Å². The highest BCUT2D eigenvalue weighted by Gasteiger charge is 2.29. The fourth-order valence-electron chi connectivity index (χ4n) is 5.01. The van der Waals surface area contributed by atoms with Crippen LogP contribution in [0.4, 0.5) is 0 Å². The molecule has 2 atom stereocenters. The Balaban J connectivity index is 1.83. The first-order valence-electron chi connectivity index (χ1n) is 13.2. The summed E-state index contributed by atoms with van der Waals surface area (Å²) in [5.74, 6) is 0.622. The zero-order chi connectivity index (χ0) is 26.9. The Kier molecular flexibility index (Phi) is 9.34. The number of carbonyl (C=O) groups excluding carboxylic acids is 1. The second-order valence-electron chi connectivity index (χ2n) is 9.63. The molecule has 0 aliphatic carbocycles. The number of aryl methyl sites for hydroxylation is 1. The topological polar surface area (TPSA) is 38.8 Å². The van der Waals surface area contributed by atoms with Gasteiger partial charge in [-0.25, -0.2) is 0 Å². The van der Waals surface area contributed by atoms with Crippen molar-refractivity contribution in [1.29, 1.82) is 0 Å². The second-order valence-corrected chi connectivity index (χ2v) is 9.63. The number of esters is 1. The molecular weight excluding hydrogens is 470 g/mol. The monoisotopic (exact) mass is 507 g/mol. The van der Waals surface area contributed by atoms with Crippen molar-refractivity contribution in [3.05, 3.63) is 125 Å². The maximum absolute atomic E-state index is 13.0. The van der Waals surface area contributed by atoms with Crippen molar-refractivity contribution >= 4 is 5.97 Å². The number of ether oxygens (including phenoxy) is 2. The molecule has 0 spiro atoms. The second kappa shape index (κ2) is 13.1. The van der Waals surface area contributed by atoms with Crippen LogP contribution in [-0.4, -0.2) is 24.6 Å². The zero-order valence-corrected chi connectivity index (χ0v) is 22.8. The summed E-state index contributed by atoms with van der Waals surface area (Å²) < 4.78 is 11.0. The minimum Gasteiger partial charge on any atom is -0.497 e. The van der Waals surface area contributed by atoms with E-state index in [4.69, 9.17) is 9.47 Å². The van der Waals surface area contributed by atoms with Gasteiger partial charge in [0.1, 0.15) is 5.75 Å². The van der Waals surface area contributed by atoms with Crippen molar-refractivity contribution in [2.24, 2.45) is 0 Å². The molecular formula is C34H37NO3. The third kappa shape index (κ3) is 6.90. The molecule has 0 amide bonds. The molecule has 4 aromatic rings. The predicted octanol–water partition coefficient (Wildman–Crippen LogP) is 7.93. The highest BCUT2D eigenvalue weighted by molar-refractivity contribution is 5.71. The molecule has 0 saturated carbocycles. The highest BCUT2D eigenvalue weighted by atomic mass is 16.5. The Bertz CT molecular complexity index is 1320. The first-order valence-corrected chi connectivity index (χ1v) is 13.2. The van der Waals surface area contributed by atoms with E-state index in [1.54, 1.807) is 7.11 Å². The van der Waals surface area contributed by atoms with Crippen molar-refractivity contribution in [2.75, 3.05) is 13.7 Å². The number of benzene rings is 4. The van der Waals surface area contributed by atoms with Gasteiger partial charge in [-0.2, -0.15) is 0 Å². The van der Waals surface area contributed by atoms with Gasteiger partial charge in [0.25, 0.3) is 0 Å². The quantitative estimate of drug-likeness (QED) is 0.193. The lowest BCUT2D eigenvalue weighted by atomic mass is 9.92. The van der Waals surface area contributed by atoms with Gasteiger partial charge in [-0.1, -0.05) is 90.5 Å². The normalized spacial score (nSPS) is 12.7. The van der Waals surface area contributed by atoms with E-state index >= 15 is 0 Å². The average molecular weight is 508 g/mol. The number of carbonyl (C=O) groups is 1. The van der Waals surface area contributed by atoms with E-state index in [2.05, 4.69) is 91.5 Å². The summed E-state index contributed by atoms with van der Waals surface area (Å²) in [6, 6.07) is 35.5. The maximum atomic E-state index is 13.0. The molecule has 196 valence electrons. The number of hydrogen-bond donors (Lipinski definition) is 0. The molecule has 4 rings (SSSR count). The number of rotatable bonds is 11. The molecule has 0 aliphatic rings. The van der Waals surface area contributed by atoms with Crippen LogP contribution in [0.3, 0.4) is 0 Å². The van der Waals surface area contributed by atoms with Gasteiger partial charge in [-0.05, 0) is 66.8 Å². The van der Waals surface area contributed by atoms with E-state index in [1.807, 2.05) is 37.3 Å². The van der Waals surface area contributed by atoms with Gasteiger partial charge in [0.15, 0.2) is 0 Å². The highest BCUT2D eigenvalue weighted by Crippen LogP contribution is 2.37. The largest absolute Gasteiger partial charge is 0.497 e. The molecule has 38 heavy (non-hydrogen) atoms. The number of hydrogen-bond acceptors (Lipinski definition) is 4. The Morgan fingerprint density at radius 1 is 0.816 bits per heavy atom. The van der Waals surface area contributed by atoms with Crippen LogP contribution in [0.25, 0.3) is 11.1 Å². The third-order valence-electron chi connectivity index (χ3n) is 6.94. The van der Waals surface area contributed by atoms with Gasteiger partial charge in [-0.3, -0.25) is 9.69 Å². The summed E-state index contributed by atoms with van der Waals surface area (Å²) in [6.45, 7) is 7.24. The smallest absolute Gasteiger partial charge is 0.307 e. The van der Waals surface area contributed by atoms with Gasteiger partial charge in [0.05, 0.1) is 20.1 Å². The molecule has 0 unspecified atom stereocenters. The van der Waals surface area contributed by atoms with E-state index in [0.29, 0.717) is 13.2 Å². The molecule has 4 nitrogen and oxygen atoms in total. The van der Waals surface area contributed by atoms with Gasteiger partial charge in [0, 0.05) is 18.6 Å². The third-order valence-corrected chi connectivity index (χ3v) is 6.94. The molecule has 0 saturated heterocycles. The fourth-order valence-corrected chi connectivity index (χ4v) is 5.01. The molecule has 0 aromatic heterocycles. The molecule has 0 radical (unpaired) electrons. The van der Waals surface area contributed by atoms with Gasteiger partial charge in [-0.15, -0.1) is 0 Å². The number of methoxy groups -OCH3 is 1. The Morgan fingerprint density at radius 3 is 2.21 bits per heavy atom. The molecule has 4 heteroatoms. The fraction of sp³-hybridized carbons (Fsp3) is 0.265. The van der Waals surface area contributed by atoms with Crippen molar-refractivity contribution in [2.45, 2.75) is 45.8 Å². The Morgan fingerprint density at radius 2 is 1.53 bits per heavy atom. The number of nitrogens with zero attached hydrogens (tertiary/aromatic N) is 1. The van der Waals surface area contributed by atoms with Crippen LogP contribution in [0.2, 0.25) is 0 Å². The van der Waals surface area contributed by atoms with Crippen LogP contribution in [0, 0.1) is 6.92 Å². The van der Waals surface area contributed by atoms with Crippen LogP contribution >= 0.6 is 0 Å². The summed E-state index contributed by atoms with van der Waals surface area (Å²) in [7, 11) is 1.68. The van der Waals surface area contributed by atoms with E-state index in [-0.39, 0.29) is 24.5 Å². The molecule has 0 heterocycles. The minimum absolute atomic E-state index is 0.0663. The summed E-state index contributed by atoms with van der Waals surface area (Å²) in [5.41, 5.74) is 6.81. The first kappa shape index (κ1) is 27.2. The first-order chi connectivity index (χ1) is 18.5. The minimum atomic E-state index is -0.194. The lowest BCUT2D eigenvalue weighted by Crippen LogP contribution is -2.33. The average Bonchev–Trinajstić information content (AvgIpc) is 2.95. The predicted molar refractivity (Wildman–Crippen MR) is 154 cm³/mol. The van der Waals surface area contributed by atoms with Gasteiger partial charge in [0.2, 0.25) is 0 Å². The van der Waals surface area contributed by atoms with Crippen LogP contribution in [0.5, 0.6) is 5.75 Å². The van der Waals surface area contributed by atoms with Gasteiger partial charge >= 0.3 is 5.97 Å². The Hall–Kier alpha value is -3.89.